The Balaban J connectivity index is 1.62. The van der Waals surface area contributed by atoms with Crippen LogP contribution in [0.15, 0.2) is 87.8 Å². The molecule has 0 aliphatic carbocycles. The van der Waals surface area contributed by atoms with Crippen molar-refractivity contribution in [3.8, 4) is 11.5 Å². The number of nitrogens with zero attached hydrogens (tertiary/aromatic N) is 2. The summed E-state index contributed by atoms with van der Waals surface area (Å²) in [5, 5.41) is 1.05. The quantitative estimate of drug-likeness (QED) is 0.197. The van der Waals surface area contributed by atoms with Gasteiger partial charge in [0.05, 0.1) is 28.5 Å². The molecule has 3 aromatic carbocycles. The summed E-state index contributed by atoms with van der Waals surface area (Å²) in [4.78, 5) is 32.6. The molecule has 222 valence electrons. The highest BCUT2D eigenvalue weighted by Crippen LogP contribution is 2.36. The van der Waals surface area contributed by atoms with E-state index in [1.807, 2.05) is 68.4 Å². The second-order valence-corrected chi connectivity index (χ2v) is 11.9. The first-order valence-corrected chi connectivity index (χ1v) is 15.4. The lowest BCUT2D eigenvalue weighted by molar-refractivity contribution is -0.139. The fraction of sp³-hybridized carbons (Fsp3) is 0.242. The Morgan fingerprint density at radius 1 is 1.07 bits per heavy atom. The van der Waals surface area contributed by atoms with Gasteiger partial charge in [0.2, 0.25) is 0 Å². The van der Waals surface area contributed by atoms with Gasteiger partial charge in [-0.25, -0.2) is 9.79 Å². The molecular weight excluding hydrogens is 607 g/mol. The van der Waals surface area contributed by atoms with Crippen LogP contribution in [0.3, 0.4) is 0 Å². The summed E-state index contributed by atoms with van der Waals surface area (Å²) < 4.78 is 19.6. The van der Waals surface area contributed by atoms with E-state index in [-0.39, 0.29) is 24.9 Å². The van der Waals surface area contributed by atoms with E-state index in [2.05, 4.69) is 4.99 Å². The number of esters is 1. The third-order valence-corrected chi connectivity index (χ3v) is 8.27. The molecule has 0 spiro atoms. The Morgan fingerprint density at radius 2 is 1.79 bits per heavy atom. The molecule has 0 amide bonds. The van der Waals surface area contributed by atoms with Gasteiger partial charge in [0, 0.05) is 26.7 Å². The number of para-hydroxylation sites is 2. The number of carbonyl (C=O) groups is 1. The van der Waals surface area contributed by atoms with E-state index in [4.69, 9.17) is 37.4 Å². The number of hydrogen-bond acceptors (Lipinski definition) is 7. The summed E-state index contributed by atoms with van der Waals surface area (Å²) in [6.45, 7) is 7.76. The van der Waals surface area contributed by atoms with Gasteiger partial charge in [-0.3, -0.25) is 9.36 Å². The predicted molar refractivity (Wildman–Crippen MR) is 170 cm³/mol. The molecule has 0 fully saturated rings. The first kappa shape index (κ1) is 30.6. The lowest BCUT2D eigenvalue weighted by atomic mass is 9.95. The van der Waals surface area contributed by atoms with E-state index in [1.54, 1.807) is 36.6 Å². The maximum atomic E-state index is 14.1. The summed E-state index contributed by atoms with van der Waals surface area (Å²) in [6, 6.07) is 19.3. The largest absolute Gasteiger partial charge is 0.491 e. The minimum atomic E-state index is -0.786. The summed E-state index contributed by atoms with van der Waals surface area (Å²) in [5.41, 5.74) is 2.65. The molecular formula is C33H30Cl2N2O5S. The van der Waals surface area contributed by atoms with Gasteiger partial charge in [0.15, 0.2) is 4.80 Å². The normalized spacial score (nSPS) is 14.9. The van der Waals surface area contributed by atoms with Crippen molar-refractivity contribution in [1.29, 1.82) is 0 Å². The number of rotatable bonds is 9. The van der Waals surface area contributed by atoms with E-state index in [1.165, 1.54) is 11.3 Å². The number of aromatic nitrogens is 1. The van der Waals surface area contributed by atoms with Gasteiger partial charge < -0.3 is 14.2 Å². The molecule has 1 atom stereocenters. The van der Waals surface area contributed by atoms with Crippen LogP contribution in [0.1, 0.15) is 50.4 Å². The van der Waals surface area contributed by atoms with Crippen LogP contribution >= 0.6 is 34.5 Å². The maximum absolute atomic E-state index is 14.1. The minimum absolute atomic E-state index is 0.118. The smallest absolute Gasteiger partial charge is 0.338 e. The molecule has 1 aromatic heterocycles. The molecule has 0 bridgehead atoms. The number of halogens is 2. The number of hydrogen-bond donors (Lipinski definition) is 0. The molecule has 0 unspecified atom stereocenters. The van der Waals surface area contributed by atoms with Crippen molar-refractivity contribution < 1.29 is 19.0 Å². The molecule has 0 saturated heterocycles. The second kappa shape index (κ2) is 13.2. The van der Waals surface area contributed by atoms with Crippen LogP contribution < -0.4 is 24.4 Å². The number of allylic oxidation sites excluding steroid dienone is 1. The summed E-state index contributed by atoms with van der Waals surface area (Å²) in [5.74, 6) is 0.630. The van der Waals surface area contributed by atoms with Crippen LogP contribution in [-0.2, 0) is 16.1 Å². The zero-order chi connectivity index (χ0) is 30.7. The summed E-state index contributed by atoms with van der Waals surface area (Å²) in [6.07, 6.45) is 1.66. The van der Waals surface area contributed by atoms with Crippen LogP contribution in [0.2, 0.25) is 10.0 Å². The van der Waals surface area contributed by atoms with Crippen LogP contribution in [0.4, 0.5) is 0 Å². The molecule has 4 aromatic rings. The van der Waals surface area contributed by atoms with Crippen molar-refractivity contribution in [2.45, 2.75) is 46.4 Å². The zero-order valence-corrected chi connectivity index (χ0v) is 26.4. The van der Waals surface area contributed by atoms with Crippen molar-refractivity contribution in [3.63, 3.8) is 0 Å². The molecule has 1 aliphatic rings. The minimum Gasteiger partial charge on any atom is -0.491 e. The number of benzene rings is 3. The van der Waals surface area contributed by atoms with Gasteiger partial charge in [0.1, 0.15) is 24.1 Å². The molecule has 10 heteroatoms. The monoisotopic (exact) mass is 636 g/mol. The van der Waals surface area contributed by atoms with Gasteiger partial charge >= 0.3 is 5.97 Å². The Labute approximate surface area is 263 Å². The number of thiazole rings is 1. The summed E-state index contributed by atoms with van der Waals surface area (Å²) in [7, 11) is 0. The van der Waals surface area contributed by atoms with Gasteiger partial charge in [-0.2, -0.15) is 0 Å². The SMILES string of the molecule is CCOC(=O)C1=C(C)N=c2s/c(=C\c3ccccc3OCc3ccc(Cl)cc3Cl)c(=O)n2[C@@H]1c1ccccc1OC(C)C. The average molecular weight is 638 g/mol. The first-order valence-electron chi connectivity index (χ1n) is 13.8. The first-order chi connectivity index (χ1) is 20.7. The highest BCUT2D eigenvalue weighted by Gasteiger charge is 2.35. The fourth-order valence-electron chi connectivity index (χ4n) is 4.82. The molecule has 43 heavy (non-hydrogen) atoms. The standard InChI is InChI=1S/C33H30Cl2N2O5S/c1-5-40-32(39)29-20(4)36-33-37(30(29)24-11-7-9-13-27(24)42-19(2)3)31(38)28(43-33)16-21-10-6-8-12-26(21)41-18-22-14-15-23(34)17-25(22)35/h6-17,19,30H,5,18H2,1-4H3/b28-16-/t30-/m1/s1. The highest BCUT2D eigenvalue weighted by atomic mass is 35.5. The van der Waals surface area contributed by atoms with E-state index in [0.717, 1.165) is 5.56 Å². The van der Waals surface area contributed by atoms with Crippen LogP contribution in [-0.4, -0.2) is 23.2 Å². The topological polar surface area (TPSA) is 79.1 Å². The second-order valence-electron chi connectivity index (χ2n) is 10.1. The molecule has 2 heterocycles. The van der Waals surface area contributed by atoms with E-state index in [9.17, 15) is 9.59 Å². The lowest BCUT2D eigenvalue weighted by Gasteiger charge is -2.26. The molecule has 5 rings (SSSR count). The van der Waals surface area contributed by atoms with E-state index >= 15 is 0 Å². The summed E-state index contributed by atoms with van der Waals surface area (Å²) >= 11 is 13.6. The van der Waals surface area contributed by atoms with Crippen LogP contribution in [0, 0.1) is 0 Å². The van der Waals surface area contributed by atoms with Crippen LogP contribution in [0.5, 0.6) is 11.5 Å². The van der Waals surface area contributed by atoms with Crippen molar-refractivity contribution in [2.24, 2.45) is 4.99 Å². The molecule has 1 aliphatic heterocycles. The van der Waals surface area contributed by atoms with Gasteiger partial charge in [-0.1, -0.05) is 77.0 Å². The highest BCUT2D eigenvalue weighted by molar-refractivity contribution is 7.07. The molecule has 0 saturated carbocycles. The van der Waals surface area contributed by atoms with Gasteiger partial charge in [0.25, 0.3) is 5.56 Å². The van der Waals surface area contributed by atoms with Crippen molar-refractivity contribution in [2.75, 3.05) is 6.61 Å². The van der Waals surface area contributed by atoms with Gasteiger partial charge in [-0.05, 0) is 58.0 Å². The molecule has 0 N–H and O–H groups in total. The Morgan fingerprint density at radius 3 is 2.51 bits per heavy atom. The van der Waals surface area contributed by atoms with Crippen molar-refractivity contribution in [3.05, 3.63) is 124 Å². The lowest BCUT2D eigenvalue weighted by Crippen LogP contribution is -2.40. The average Bonchev–Trinajstić information content (AvgIpc) is 3.26. The third kappa shape index (κ3) is 6.56. The molecule has 0 radical (unpaired) electrons. The van der Waals surface area contributed by atoms with Crippen molar-refractivity contribution >= 4 is 46.6 Å². The number of ether oxygens (including phenoxy) is 3. The fourth-order valence-corrected chi connectivity index (χ4v) is 6.32. The molecule has 7 nitrogen and oxygen atoms in total. The Kier molecular flexibility index (Phi) is 9.40. The van der Waals surface area contributed by atoms with E-state index < -0.39 is 12.0 Å². The van der Waals surface area contributed by atoms with Gasteiger partial charge in [-0.15, -0.1) is 0 Å². The number of carbonyl (C=O) groups excluding carboxylic acids is 1. The Hall–Kier alpha value is -3.85. The Bertz CT molecular complexity index is 1890. The number of fused-ring (bicyclic) bond motifs is 1. The van der Waals surface area contributed by atoms with Crippen LogP contribution in [0.25, 0.3) is 6.08 Å². The maximum Gasteiger partial charge on any atom is 0.338 e. The third-order valence-electron chi connectivity index (χ3n) is 6.70. The van der Waals surface area contributed by atoms with E-state index in [0.29, 0.717) is 53.3 Å². The van der Waals surface area contributed by atoms with Crippen molar-refractivity contribution in [1.82, 2.24) is 4.57 Å². The zero-order valence-electron chi connectivity index (χ0n) is 24.1. The predicted octanol–water partition coefficient (Wildman–Crippen LogP) is 6.47.